The smallest absolute Gasteiger partial charge is 0.280 e. The van der Waals surface area contributed by atoms with Gasteiger partial charge in [0.05, 0.1) is 17.8 Å². The van der Waals surface area contributed by atoms with E-state index in [9.17, 15) is 9.90 Å². The quantitative estimate of drug-likeness (QED) is 0.836. The van der Waals surface area contributed by atoms with E-state index >= 15 is 0 Å². The average Bonchev–Trinajstić information content (AvgIpc) is 3.25. The van der Waals surface area contributed by atoms with Crippen LogP contribution < -0.4 is 5.32 Å². The number of aromatic nitrogens is 3. The zero-order valence-corrected chi connectivity index (χ0v) is 14.8. The van der Waals surface area contributed by atoms with Crippen LogP contribution in [0.1, 0.15) is 51.4 Å². The van der Waals surface area contributed by atoms with Crippen molar-refractivity contribution in [3.8, 4) is 0 Å². The van der Waals surface area contributed by atoms with Crippen molar-refractivity contribution in [1.82, 2.24) is 25.4 Å². The summed E-state index contributed by atoms with van der Waals surface area (Å²) in [7, 11) is 2.07. The van der Waals surface area contributed by atoms with Gasteiger partial charge >= 0.3 is 0 Å². The SMILES string of the molecule is CN1CCc2nc(C(=O)N[C@@H]3C[C@@H](c4nnco4)CC[C@@H]3O)sc2C1. The molecule has 2 aliphatic rings. The first-order valence-corrected chi connectivity index (χ1v) is 9.34. The van der Waals surface area contributed by atoms with Crippen molar-refractivity contribution in [2.45, 2.75) is 50.3 Å². The van der Waals surface area contributed by atoms with Gasteiger partial charge in [-0.25, -0.2) is 4.98 Å². The molecular formula is C16H21N5O3S. The number of amides is 1. The average molecular weight is 363 g/mol. The number of hydrogen-bond acceptors (Lipinski definition) is 8. The molecular weight excluding hydrogens is 342 g/mol. The molecule has 1 saturated carbocycles. The molecule has 1 aliphatic carbocycles. The van der Waals surface area contributed by atoms with Crippen molar-refractivity contribution in [3.05, 3.63) is 27.9 Å². The molecule has 1 aliphatic heterocycles. The van der Waals surface area contributed by atoms with Gasteiger partial charge in [-0.3, -0.25) is 4.79 Å². The number of carbonyl (C=O) groups excluding carboxylic acids is 1. The topological polar surface area (TPSA) is 104 Å². The molecule has 0 bridgehead atoms. The van der Waals surface area contributed by atoms with Crippen LogP contribution in [0.2, 0.25) is 0 Å². The molecule has 0 aromatic carbocycles. The molecule has 3 heterocycles. The summed E-state index contributed by atoms with van der Waals surface area (Å²) in [6.07, 6.45) is 3.57. The Hall–Kier alpha value is -1.84. The third kappa shape index (κ3) is 3.44. The summed E-state index contributed by atoms with van der Waals surface area (Å²) in [6.45, 7) is 1.80. The lowest BCUT2D eigenvalue weighted by Gasteiger charge is -2.32. The fourth-order valence-corrected chi connectivity index (χ4v) is 4.64. The van der Waals surface area contributed by atoms with Crippen LogP contribution in [0.25, 0.3) is 0 Å². The standard InChI is InChI=1S/C16H21N5O3S/c1-21-5-4-10-13(7-21)25-16(19-10)14(23)18-11-6-9(2-3-12(11)22)15-20-17-8-24-15/h8-9,11-12,22H,2-7H2,1H3,(H,18,23)/t9-,11+,12-/m0/s1. The molecule has 3 atom stereocenters. The molecule has 0 unspecified atom stereocenters. The van der Waals surface area contributed by atoms with Gasteiger partial charge < -0.3 is 19.7 Å². The van der Waals surface area contributed by atoms with Crippen molar-refractivity contribution in [1.29, 1.82) is 0 Å². The Balaban J connectivity index is 1.44. The molecule has 4 rings (SSSR count). The van der Waals surface area contributed by atoms with Crippen LogP contribution in [-0.2, 0) is 13.0 Å². The summed E-state index contributed by atoms with van der Waals surface area (Å²) in [5.74, 6) is 0.422. The Morgan fingerprint density at radius 2 is 2.36 bits per heavy atom. The lowest BCUT2D eigenvalue weighted by Crippen LogP contribution is -2.46. The van der Waals surface area contributed by atoms with E-state index in [1.165, 1.54) is 17.7 Å². The van der Waals surface area contributed by atoms with Crippen molar-refractivity contribution in [2.75, 3.05) is 13.6 Å². The molecule has 2 N–H and O–H groups in total. The molecule has 25 heavy (non-hydrogen) atoms. The van der Waals surface area contributed by atoms with Gasteiger partial charge in [0, 0.05) is 30.3 Å². The zero-order chi connectivity index (χ0) is 17.4. The highest BCUT2D eigenvalue weighted by atomic mass is 32.1. The molecule has 9 heteroatoms. The molecule has 1 amide bonds. The maximum Gasteiger partial charge on any atom is 0.280 e. The van der Waals surface area contributed by atoms with E-state index in [0.29, 0.717) is 23.7 Å². The van der Waals surface area contributed by atoms with Gasteiger partial charge in [0.2, 0.25) is 12.3 Å². The number of aliphatic hydroxyl groups is 1. The maximum absolute atomic E-state index is 12.6. The number of nitrogens with zero attached hydrogens (tertiary/aromatic N) is 4. The monoisotopic (exact) mass is 363 g/mol. The third-order valence-corrected chi connectivity index (χ3v) is 6.05. The van der Waals surface area contributed by atoms with Crippen LogP contribution in [0.15, 0.2) is 10.8 Å². The van der Waals surface area contributed by atoms with Gasteiger partial charge in [0.1, 0.15) is 0 Å². The van der Waals surface area contributed by atoms with Gasteiger partial charge in [0.25, 0.3) is 5.91 Å². The van der Waals surface area contributed by atoms with E-state index in [1.54, 1.807) is 0 Å². The first kappa shape index (κ1) is 16.6. The van der Waals surface area contributed by atoms with E-state index in [1.807, 2.05) is 0 Å². The first-order valence-electron chi connectivity index (χ1n) is 8.52. The van der Waals surface area contributed by atoms with Gasteiger partial charge in [0.15, 0.2) is 5.01 Å². The minimum atomic E-state index is -0.566. The minimum Gasteiger partial charge on any atom is -0.428 e. The lowest BCUT2D eigenvalue weighted by molar-refractivity contribution is 0.0656. The number of likely N-dealkylation sites (N-methyl/N-ethyl adjacent to an activating group) is 1. The third-order valence-electron chi connectivity index (χ3n) is 4.97. The van der Waals surface area contributed by atoms with Gasteiger partial charge in [-0.05, 0) is 26.3 Å². The van der Waals surface area contributed by atoms with Crippen LogP contribution in [0, 0.1) is 0 Å². The van der Waals surface area contributed by atoms with Crippen LogP contribution >= 0.6 is 11.3 Å². The van der Waals surface area contributed by atoms with E-state index in [0.717, 1.165) is 36.5 Å². The van der Waals surface area contributed by atoms with Crippen molar-refractivity contribution >= 4 is 17.2 Å². The Bertz CT molecular complexity index is 747. The number of hydrogen-bond donors (Lipinski definition) is 2. The maximum atomic E-state index is 12.6. The summed E-state index contributed by atoms with van der Waals surface area (Å²) >= 11 is 1.45. The van der Waals surface area contributed by atoms with Gasteiger partial charge in [-0.15, -0.1) is 21.5 Å². The number of nitrogens with one attached hydrogen (secondary N) is 1. The minimum absolute atomic E-state index is 0.0642. The molecule has 8 nitrogen and oxygen atoms in total. The molecule has 134 valence electrons. The second-order valence-electron chi connectivity index (χ2n) is 6.81. The Labute approximate surface area is 149 Å². The second kappa shape index (κ2) is 6.81. The number of rotatable bonds is 3. The Morgan fingerprint density at radius 1 is 1.48 bits per heavy atom. The van der Waals surface area contributed by atoms with Crippen LogP contribution in [0.4, 0.5) is 0 Å². The molecule has 2 aromatic heterocycles. The fourth-order valence-electron chi connectivity index (χ4n) is 3.54. The largest absolute Gasteiger partial charge is 0.428 e. The molecule has 0 saturated heterocycles. The highest BCUT2D eigenvalue weighted by Gasteiger charge is 2.34. The van der Waals surface area contributed by atoms with E-state index in [2.05, 4.69) is 32.4 Å². The van der Waals surface area contributed by atoms with Gasteiger partial charge in [-0.1, -0.05) is 0 Å². The van der Waals surface area contributed by atoms with Crippen molar-refractivity contribution in [2.24, 2.45) is 0 Å². The number of aliphatic hydroxyl groups excluding tert-OH is 1. The highest BCUT2D eigenvalue weighted by Crippen LogP contribution is 2.32. The lowest BCUT2D eigenvalue weighted by atomic mass is 9.83. The Kier molecular flexibility index (Phi) is 4.53. The predicted molar refractivity (Wildman–Crippen MR) is 90.3 cm³/mol. The van der Waals surface area contributed by atoms with Crippen molar-refractivity contribution in [3.63, 3.8) is 0 Å². The van der Waals surface area contributed by atoms with Gasteiger partial charge in [-0.2, -0.15) is 0 Å². The summed E-state index contributed by atoms with van der Waals surface area (Å²) in [5, 5.41) is 21.4. The van der Waals surface area contributed by atoms with Crippen LogP contribution in [0.5, 0.6) is 0 Å². The van der Waals surface area contributed by atoms with E-state index < -0.39 is 6.10 Å². The summed E-state index contributed by atoms with van der Waals surface area (Å²) in [4.78, 5) is 20.5. The summed E-state index contributed by atoms with van der Waals surface area (Å²) in [6, 6.07) is -0.332. The van der Waals surface area contributed by atoms with Crippen LogP contribution in [-0.4, -0.2) is 56.8 Å². The van der Waals surface area contributed by atoms with E-state index in [-0.39, 0.29) is 17.9 Å². The molecule has 0 radical (unpaired) electrons. The fraction of sp³-hybridized carbons (Fsp3) is 0.625. The highest BCUT2D eigenvalue weighted by molar-refractivity contribution is 7.13. The summed E-state index contributed by atoms with van der Waals surface area (Å²) < 4.78 is 5.28. The molecule has 0 spiro atoms. The summed E-state index contributed by atoms with van der Waals surface area (Å²) in [5.41, 5.74) is 1.03. The predicted octanol–water partition coefficient (Wildman–Crippen LogP) is 0.941. The molecule has 1 fully saturated rings. The van der Waals surface area contributed by atoms with E-state index in [4.69, 9.17) is 4.42 Å². The Morgan fingerprint density at radius 3 is 3.16 bits per heavy atom. The number of fused-ring (bicyclic) bond motifs is 1. The molecule has 2 aromatic rings. The van der Waals surface area contributed by atoms with Crippen molar-refractivity contribution < 1.29 is 14.3 Å². The van der Waals surface area contributed by atoms with Crippen LogP contribution in [0.3, 0.4) is 0 Å². The number of carbonyl (C=O) groups is 1. The second-order valence-corrected chi connectivity index (χ2v) is 7.89. The zero-order valence-electron chi connectivity index (χ0n) is 14.0. The first-order chi connectivity index (χ1) is 12.1. The normalized spacial score (nSPS) is 27.0. The number of thiazole rings is 1.